The maximum absolute atomic E-state index is 12.1. The lowest BCUT2D eigenvalue weighted by Crippen LogP contribution is -2.38. The number of carbonyl (C=O) groups is 1. The minimum absolute atomic E-state index is 0.0242. The van der Waals surface area contributed by atoms with E-state index in [2.05, 4.69) is 9.71 Å². The number of hydrogen-bond donors (Lipinski definition) is 1. The fourth-order valence-electron chi connectivity index (χ4n) is 2.29. The van der Waals surface area contributed by atoms with Gasteiger partial charge in [0, 0.05) is 11.6 Å². The molecule has 24 heavy (non-hydrogen) atoms. The van der Waals surface area contributed by atoms with Gasteiger partial charge < -0.3 is 10.2 Å². The maximum Gasteiger partial charge on any atom is 0.285 e. The molecule has 1 N–H and O–H groups in total. The largest absolute Gasteiger partial charge is 0.350 e. The number of nitrogens with one attached hydrogen (secondary N) is 1. The van der Waals surface area contributed by atoms with Crippen LogP contribution in [0.5, 0.6) is 0 Å². The summed E-state index contributed by atoms with van der Waals surface area (Å²) < 4.78 is 27.4. The van der Waals surface area contributed by atoms with Crippen molar-refractivity contribution in [2.24, 2.45) is 4.40 Å². The molecule has 3 rings (SSSR count). The number of amides is 1. The van der Waals surface area contributed by atoms with Crippen molar-refractivity contribution in [2.45, 2.75) is 11.4 Å². The number of rotatable bonds is 4. The molecule has 1 amide bonds. The molecule has 0 atom stereocenters. The van der Waals surface area contributed by atoms with Gasteiger partial charge >= 0.3 is 0 Å². The smallest absolute Gasteiger partial charge is 0.285 e. The van der Waals surface area contributed by atoms with Crippen LogP contribution in [0, 0.1) is 0 Å². The van der Waals surface area contributed by atoms with E-state index in [1.54, 1.807) is 30.3 Å². The van der Waals surface area contributed by atoms with Crippen LogP contribution in [0.3, 0.4) is 0 Å². The van der Waals surface area contributed by atoms with Gasteiger partial charge in [0.15, 0.2) is 0 Å². The van der Waals surface area contributed by atoms with Gasteiger partial charge in [0.05, 0.1) is 5.69 Å². The van der Waals surface area contributed by atoms with Gasteiger partial charge in [-0.2, -0.15) is 8.42 Å². The minimum Gasteiger partial charge on any atom is -0.350 e. The second-order valence-electron chi connectivity index (χ2n) is 5.19. The van der Waals surface area contributed by atoms with Crippen molar-refractivity contribution in [3.63, 3.8) is 0 Å². The van der Waals surface area contributed by atoms with Crippen LogP contribution in [-0.2, 0) is 21.4 Å². The molecule has 0 spiro atoms. The van der Waals surface area contributed by atoms with Gasteiger partial charge in [0.1, 0.15) is 17.8 Å². The molecule has 1 aliphatic rings. The molecule has 0 fully saturated rings. The standard InChI is InChI=1S/C16H14ClN3O3S/c17-13-7-5-12(6-8-13)9-18-16(21)10-20-11-19-24(22,23)15-4-2-1-3-14(15)20/h1-8,11H,9-10H2,(H,18,21). The SMILES string of the molecule is O=C(CN1C=NS(=O)(=O)c2ccccc21)NCc1ccc(Cl)cc1. The van der Waals surface area contributed by atoms with E-state index in [-0.39, 0.29) is 17.3 Å². The van der Waals surface area contributed by atoms with E-state index in [1.807, 2.05) is 12.1 Å². The Bertz CT molecular complexity index is 895. The van der Waals surface area contributed by atoms with Crippen LogP contribution in [0.2, 0.25) is 5.02 Å². The Hall–Kier alpha value is -2.38. The van der Waals surface area contributed by atoms with Gasteiger partial charge in [-0.3, -0.25) is 4.79 Å². The fourth-order valence-corrected chi connectivity index (χ4v) is 3.47. The number of anilines is 1. The summed E-state index contributed by atoms with van der Waals surface area (Å²) in [7, 11) is -3.69. The molecule has 0 saturated heterocycles. The molecule has 0 aromatic heterocycles. The second kappa shape index (κ2) is 6.62. The molecule has 0 aliphatic carbocycles. The highest BCUT2D eigenvalue weighted by atomic mass is 35.5. The average Bonchev–Trinajstić information content (AvgIpc) is 2.57. The summed E-state index contributed by atoms with van der Waals surface area (Å²) in [6, 6.07) is 13.6. The summed E-state index contributed by atoms with van der Waals surface area (Å²) in [5.41, 5.74) is 1.36. The van der Waals surface area contributed by atoms with Crippen molar-refractivity contribution in [3.05, 3.63) is 59.1 Å². The third kappa shape index (κ3) is 3.58. The van der Waals surface area contributed by atoms with Crippen LogP contribution in [0.4, 0.5) is 5.69 Å². The van der Waals surface area contributed by atoms with Crippen molar-refractivity contribution >= 4 is 39.6 Å². The highest BCUT2D eigenvalue weighted by Gasteiger charge is 2.25. The van der Waals surface area contributed by atoms with Gasteiger partial charge in [0.2, 0.25) is 5.91 Å². The number of sulfonamides is 1. The van der Waals surface area contributed by atoms with Crippen molar-refractivity contribution in [1.29, 1.82) is 0 Å². The van der Waals surface area contributed by atoms with Crippen molar-refractivity contribution < 1.29 is 13.2 Å². The Kier molecular flexibility index (Phi) is 4.55. The molecule has 6 nitrogen and oxygen atoms in total. The van der Waals surface area contributed by atoms with Crippen molar-refractivity contribution in [3.8, 4) is 0 Å². The fraction of sp³-hybridized carbons (Fsp3) is 0.125. The van der Waals surface area contributed by atoms with E-state index in [4.69, 9.17) is 11.6 Å². The van der Waals surface area contributed by atoms with E-state index < -0.39 is 10.0 Å². The Morgan fingerprint density at radius 3 is 2.58 bits per heavy atom. The van der Waals surface area contributed by atoms with E-state index in [0.29, 0.717) is 17.3 Å². The monoisotopic (exact) mass is 363 g/mol. The minimum atomic E-state index is -3.69. The summed E-state index contributed by atoms with van der Waals surface area (Å²) in [5, 5.41) is 3.41. The molecule has 124 valence electrons. The van der Waals surface area contributed by atoms with Gasteiger partial charge in [-0.15, -0.1) is 4.40 Å². The van der Waals surface area contributed by atoms with Crippen LogP contribution < -0.4 is 10.2 Å². The summed E-state index contributed by atoms with van der Waals surface area (Å²) >= 11 is 5.82. The van der Waals surface area contributed by atoms with Crippen LogP contribution in [0.1, 0.15) is 5.56 Å². The van der Waals surface area contributed by atoms with Crippen LogP contribution in [0.15, 0.2) is 57.8 Å². The number of para-hydroxylation sites is 1. The average molecular weight is 364 g/mol. The molecule has 1 heterocycles. The van der Waals surface area contributed by atoms with E-state index in [1.165, 1.54) is 17.3 Å². The molecule has 0 radical (unpaired) electrons. The first kappa shape index (κ1) is 16.5. The van der Waals surface area contributed by atoms with Crippen LogP contribution >= 0.6 is 11.6 Å². The van der Waals surface area contributed by atoms with E-state index in [0.717, 1.165) is 5.56 Å². The van der Waals surface area contributed by atoms with Gasteiger partial charge in [-0.05, 0) is 29.8 Å². The summed E-state index contributed by atoms with van der Waals surface area (Å²) in [6.45, 7) is 0.338. The first-order chi connectivity index (χ1) is 11.5. The van der Waals surface area contributed by atoms with E-state index >= 15 is 0 Å². The summed E-state index contributed by atoms with van der Waals surface area (Å²) in [6.07, 6.45) is 1.17. The van der Waals surface area contributed by atoms with Crippen molar-refractivity contribution in [1.82, 2.24) is 5.32 Å². The lowest BCUT2D eigenvalue weighted by molar-refractivity contribution is -0.119. The first-order valence-electron chi connectivity index (χ1n) is 7.13. The Morgan fingerprint density at radius 1 is 1.12 bits per heavy atom. The molecule has 1 aliphatic heterocycles. The molecule has 0 unspecified atom stereocenters. The Balaban J connectivity index is 1.68. The van der Waals surface area contributed by atoms with E-state index in [9.17, 15) is 13.2 Å². The topological polar surface area (TPSA) is 78.8 Å². The normalized spacial score (nSPS) is 15.0. The predicted molar refractivity (Wildman–Crippen MR) is 92.8 cm³/mol. The number of carbonyl (C=O) groups excluding carboxylic acids is 1. The number of hydrogen-bond acceptors (Lipinski definition) is 4. The third-order valence-electron chi connectivity index (χ3n) is 3.49. The molecule has 2 aromatic carbocycles. The third-order valence-corrected chi connectivity index (χ3v) is 5.02. The quantitative estimate of drug-likeness (QED) is 0.903. The van der Waals surface area contributed by atoms with Crippen LogP contribution in [-0.4, -0.2) is 27.2 Å². The summed E-state index contributed by atoms with van der Waals surface area (Å²) in [4.78, 5) is 13.7. The number of fused-ring (bicyclic) bond motifs is 1. The lowest BCUT2D eigenvalue weighted by atomic mass is 10.2. The van der Waals surface area contributed by atoms with Gasteiger partial charge in [-0.1, -0.05) is 35.9 Å². The molecule has 0 bridgehead atoms. The maximum atomic E-state index is 12.1. The zero-order valence-electron chi connectivity index (χ0n) is 12.5. The number of nitrogens with zero attached hydrogens (tertiary/aromatic N) is 2. The molecular weight excluding hydrogens is 350 g/mol. The van der Waals surface area contributed by atoms with Crippen LogP contribution in [0.25, 0.3) is 0 Å². The molecule has 0 saturated carbocycles. The molecular formula is C16H14ClN3O3S. The van der Waals surface area contributed by atoms with Gasteiger partial charge in [0.25, 0.3) is 10.0 Å². The summed E-state index contributed by atoms with van der Waals surface area (Å²) in [5.74, 6) is -0.245. The Labute approximate surface area is 144 Å². The Morgan fingerprint density at radius 2 is 1.83 bits per heavy atom. The zero-order chi connectivity index (χ0) is 17.2. The van der Waals surface area contributed by atoms with Gasteiger partial charge in [-0.25, -0.2) is 0 Å². The molecule has 8 heteroatoms. The predicted octanol–water partition coefficient (Wildman–Crippen LogP) is 2.19. The lowest BCUT2D eigenvalue weighted by Gasteiger charge is -2.24. The number of halogens is 1. The highest BCUT2D eigenvalue weighted by molar-refractivity contribution is 7.90. The molecule has 2 aromatic rings. The zero-order valence-corrected chi connectivity index (χ0v) is 14.1. The van der Waals surface area contributed by atoms with Crippen molar-refractivity contribution in [2.75, 3.05) is 11.4 Å². The highest BCUT2D eigenvalue weighted by Crippen LogP contribution is 2.28. The second-order valence-corrected chi connectivity index (χ2v) is 7.23. The first-order valence-corrected chi connectivity index (χ1v) is 8.95. The number of benzene rings is 2.